The molecule has 1 aliphatic rings. The van der Waals surface area contributed by atoms with Crippen molar-refractivity contribution in [1.82, 2.24) is 5.32 Å². The van der Waals surface area contributed by atoms with Crippen LogP contribution in [0.3, 0.4) is 0 Å². The van der Waals surface area contributed by atoms with Gasteiger partial charge in [-0.3, -0.25) is 0 Å². The molecule has 1 heterocycles. The molecule has 22 heavy (non-hydrogen) atoms. The topological polar surface area (TPSA) is 30.5 Å². The fourth-order valence-corrected chi connectivity index (χ4v) is 3.41. The number of fused-ring (bicyclic) bond motifs is 1. The van der Waals surface area contributed by atoms with Crippen molar-refractivity contribution >= 4 is 23.2 Å². The van der Waals surface area contributed by atoms with E-state index in [1.807, 2.05) is 24.3 Å². The molecule has 3 rings (SSSR count). The Hall–Kier alpha value is -1.42. The zero-order valence-electron chi connectivity index (χ0n) is 12.5. The summed E-state index contributed by atoms with van der Waals surface area (Å²) in [5.74, 6) is 1.48. The summed E-state index contributed by atoms with van der Waals surface area (Å²) < 4.78 is 10.8. The quantitative estimate of drug-likeness (QED) is 0.908. The predicted molar refractivity (Wildman–Crippen MR) is 89.6 cm³/mol. The zero-order valence-corrected chi connectivity index (χ0v) is 14.0. The van der Waals surface area contributed by atoms with E-state index in [1.165, 1.54) is 5.56 Å². The Morgan fingerprint density at radius 2 is 1.73 bits per heavy atom. The van der Waals surface area contributed by atoms with Gasteiger partial charge in [0.25, 0.3) is 0 Å². The van der Waals surface area contributed by atoms with Crippen LogP contribution in [0.4, 0.5) is 0 Å². The van der Waals surface area contributed by atoms with Crippen LogP contribution < -0.4 is 14.8 Å². The summed E-state index contributed by atoms with van der Waals surface area (Å²) in [5.41, 5.74) is 3.42. The van der Waals surface area contributed by atoms with E-state index in [2.05, 4.69) is 5.32 Å². The summed E-state index contributed by atoms with van der Waals surface area (Å²) in [6.07, 6.45) is 0.942. The zero-order chi connectivity index (χ0) is 15.7. The van der Waals surface area contributed by atoms with Crippen molar-refractivity contribution in [1.29, 1.82) is 0 Å². The van der Waals surface area contributed by atoms with Crippen molar-refractivity contribution < 1.29 is 9.47 Å². The summed E-state index contributed by atoms with van der Waals surface area (Å²) in [5, 5.41) is 4.81. The number of methoxy groups -OCH3 is 2. The van der Waals surface area contributed by atoms with Gasteiger partial charge in [-0.2, -0.15) is 0 Å². The van der Waals surface area contributed by atoms with E-state index in [1.54, 1.807) is 20.3 Å². The van der Waals surface area contributed by atoms with Gasteiger partial charge in [0.15, 0.2) is 11.5 Å². The molecule has 0 radical (unpaired) electrons. The lowest BCUT2D eigenvalue weighted by Crippen LogP contribution is -2.30. The highest BCUT2D eigenvalue weighted by molar-refractivity contribution is 6.35. The van der Waals surface area contributed by atoms with Crippen LogP contribution in [0.25, 0.3) is 0 Å². The molecular formula is C17H17Cl2NO2. The van der Waals surface area contributed by atoms with Crippen LogP contribution in [-0.2, 0) is 6.42 Å². The molecule has 2 aromatic rings. The molecule has 0 aliphatic carbocycles. The Balaban J connectivity index is 2.10. The molecule has 1 N–H and O–H groups in total. The molecular weight excluding hydrogens is 321 g/mol. The van der Waals surface area contributed by atoms with E-state index in [4.69, 9.17) is 32.7 Å². The van der Waals surface area contributed by atoms with Gasteiger partial charge in [0.1, 0.15) is 0 Å². The third-order valence-electron chi connectivity index (χ3n) is 3.97. The van der Waals surface area contributed by atoms with Crippen LogP contribution >= 0.6 is 23.2 Å². The minimum absolute atomic E-state index is 0.0216. The minimum atomic E-state index is 0.0216. The second-order valence-electron chi connectivity index (χ2n) is 5.21. The van der Waals surface area contributed by atoms with Gasteiger partial charge in [-0.15, -0.1) is 0 Å². The maximum absolute atomic E-state index is 6.38. The Bertz CT molecular complexity index is 703. The van der Waals surface area contributed by atoms with Crippen molar-refractivity contribution in [2.45, 2.75) is 12.5 Å². The Labute approximate surface area is 140 Å². The van der Waals surface area contributed by atoms with Crippen LogP contribution in [0.2, 0.25) is 10.0 Å². The van der Waals surface area contributed by atoms with E-state index >= 15 is 0 Å². The van der Waals surface area contributed by atoms with E-state index in [0.717, 1.165) is 35.6 Å². The highest BCUT2D eigenvalue weighted by atomic mass is 35.5. The van der Waals surface area contributed by atoms with E-state index in [0.29, 0.717) is 10.0 Å². The van der Waals surface area contributed by atoms with Gasteiger partial charge < -0.3 is 14.8 Å². The summed E-state index contributed by atoms with van der Waals surface area (Å²) in [7, 11) is 3.30. The highest BCUT2D eigenvalue weighted by Crippen LogP contribution is 2.39. The van der Waals surface area contributed by atoms with Crippen molar-refractivity contribution in [3.05, 3.63) is 57.1 Å². The van der Waals surface area contributed by atoms with Crippen molar-refractivity contribution in [2.24, 2.45) is 0 Å². The molecule has 0 unspecified atom stereocenters. The number of hydrogen-bond acceptors (Lipinski definition) is 3. The molecule has 5 heteroatoms. The van der Waals surface area contributed by atoms with E-state index in [-0.39, 0.29) is 6.04 Å². The molecule has 0 saturated heterocycles. The average Bonchev–Trinajstić information content (AvgIpc) is 2.53. The minimum Gasteiger partial charge on any atom is -0.493 e. The Morgan fingerprint density at radius 3 is 2.41 bits per heavy atom. The number of ether oxygens (including phenoxy) is 2. The first-order valence-corrected chi connectivity index (χ1v) is 7.82. The van der Waals surface area contributed by atoms with Gasteiger partial charge in [0.05, 0.1) is 20.3 Å². The predicted octanol–water partition coefficient (Wildman–Crippen LogP) is 4.25. The maximum atomic E-state index is 6.38. The molecule has 0 bridgehead atoms. The van der Waals surface area contributed by atoms with Crippen LogP contribution in [0.15, 0.2) is 30.3 Å². The number of benzene rings is 2. The van der Waals surface area contributed by atoms with Gasteiger partial charge in [-0.25, -0.2) is 0 Å². The molecule has 0 spiro atoms. The number of halogens is 2. The van der Waals surface area contributed by atoms with Crippen LogP contribution in [0.5, 0.6) is 11.5 Å². The molecule has 3 nitrogen and oxygen atoms in total. The lowest BCUT2D eigenvalue weighted by Gasteiger charge is -2.29. The van der Waals surface area contributed by atoms with Gasteiger partial charge in [-0.1, -0.05) is 29.3 Å². The SMILES string of the molecule is COc1cc2c(cc1OC)[C@H](c1ccc(Cl)cc1Cl)NCC2. The third kappa shape index (κ3) is 2.76. The van der Waals surface area contributed by atoms with Crippen molar-refractivity contribution in [3.8, 4) is 11.5 Å². The molecule has 0 amide bonds. The lowest BCUT2D eigenvalue weighted by molar-refractivity contribution is 0.353. The van der Waals surface area contributed by atoms with Crippen molar-refractivity contribution in [2.75, 3.05) is 20.8 Å². The van der Waals surface area contributed by atoms with Crippen LogP contribution in [0.1, 0.15) is 22.7 Å². The van der Waals surface area contributed by atoms with Gasteiger partial charge in [0.2, 0.25) is 0 Å². The lowest BCUT2D eigenvalue weighted by atomic mass is 9.89. The second kappa shape index (κ2) is 6.37. The number of nitrogens with one attached hydrogen (secondary N) is 1. The molecule has 0 aromatic heterocycles. The summed E-state index contributed by atoms with van der Waals surface area (Å²) in [6, 6.07) is 9.69. The first-order chi connectivity index (χ1) is 10.6. The molecule has 2 aromatic carbocycles. The van der Waals surface area contributed by atoms with Crippen LogP contribution in [-0.4, -0.2) is 20.8 Å². The Morgan fingerprint density at radius 1 is 1.00 bits per heavy atom. The van der Waals surface area contributed by atoms with Crippen LogP contribution in [0, 0.1) is 0 Å². The fraction of sp³-hybridized carbons (Fsp3) is 0.294. The third-order valence-corrected chi connectivity index (χ3v) is 4.54. The first-order valence-electron chi connectivity index (χ1n) is 7.07. The Kier molecular flexibility index (Phi) is 4.48. The standard InChI is InChI=1S/C17H17Cl2NO2/c1-21-15-7-10-5-6-20-17(13(10)9-16(15)22-2)12-4-3-11(18)8-14(12)19/h3-4,7-9,17,20H,5-6H2,1-2H3/t17-/m0/s1. The van der Waals surface area contributed by atoms with Gasteiger partial charge >= 0.3 is 0 Å². The normalized spacial score (nSPS) is 17.0. The van der Waals surface area contributed by atoms with Gasteiger partial charge in [-0.05, 0) is 47.4 Å². The molecule has 0 fully saturated rings. The first kappa shape index (κ1) is 15.5. The number of hydrogen-bond donors (Lipinski definition) is 1. The van der Waals surface area contributed by atoms with Crippen molar-refractivity contribution in [3.63, 3.8) is 0 Å². The summed E-state index contributed by atoms with van der Waals surface area (Å²) in [6.45, 7) is 0.881. The highest BCUT2D eigenvalue weighted by Gasteiger charge is 2.25. The smallest absolute Gasteiger partial charge is 0.161 e. The molecule has 116 valence electrons. The monoisotopic (exact) mass is 337 g/mol. The maximum Gasteiger partial charge on any atom is 0.161 e. The average molecular weight is 338 g/mol. The van der Waals surface area contributed by atoms with E-state index in [9.17, 15) is 0 Å². The summed E-state index contributed by atoms with van der Waals surface area (Å²) >= 11 is 12.4. The molecule has 1 aliphatic heterocycles. The van der Waals surface area contributed by atoms with Gasteiger partial charge in [0, 0.05) is 16.6 Å². The molecule has 1 atom stereocenters. The van der Waals surface area contributed by atoms with E-state index < -0.39 is 0 Å². The largest absolute Gasteiger partial charge is 0.493 e. The number of rotatable bonds is 3. The summed E-state index contributed by atoms with van der Waals surface area (Å²) in [4.78, 5) is 0. The fourth-order valence-electron chi connectivity index (χ4n) is 2.90. The molecule has 0 saturated carbocycles. The second-order valence-corrected chi connectivity index (χ2v) is 6.05.